The minimum atomic E-state index is 0.0156. The molecule has 0 saturated heterocycles. The Kier molecular flexibility index (Phi) is 18.1. The van der Waals surface area contributed by atoms with Gasteiger partial charge in [-0.2, -0.15) is 3.89 Å². The van der Waals surface area contributed by atoms with E-state index in [1.165, 1.54) is 6.42 Å². The maximum Gasteiger partial charge on any atom is 0.220 e. The van der Waals surface area contributed by atoms with Gasteiger partial charge in [-0.05, 0) is 18.4 Å². The molecule has 2 atom stereocenters. The second-order valence-electron chi connectivity index (χ2n) is 4.70. The van der Waals surface area contributed by atoms with E-state index in [9.17, 15) is 8.68 Å². The zero-order chi connectivity index (χ0) is 15.1. The van der Waals surface area contributed by atoms with Gasteiger partial charge in [0.1, 0.15) is 11.2 Å². The maximum absolute atomic E-state index is 11.6. The van der Waals surface area contributed by atoms with Gasteiger partial charge < -0.3 is 11.1 Å². The third-order valence-electron chi connectivity index (χ3n) is 2.90. The van der Waals surface area contributed by atoms with Crippen molar-refractivity contribution in [3.63, 3.8) is 0 Å². The molecule has 2 unspecified atom stereocenters. The second-order valence-corrected chi connectivity index (χ2v) is 6.56. The summed E-state index contributed by atoms with van der Waals surface area (Å²) in [6.45, 7) is 10.0. The summed E-state index contributed by atoms with van der Waals surface area (Å²) < 4.78 is 11.6. The van der Waals surface area contributed by atoms with E-state index in [-0.39, 0.29) is 17.1 Å². The monoisotopic (exact) mass is 312 g/mol. The molecule has 0 spiro atoms. The topological polar surface area (TPSA) is 55.1 Å². The van der Waals surface area contributed by atoms with Crippen molar-refractivity contribution in [3.8, 4) is 0 Å². The lowest BCUT2D eigenvalue weighted by atomic mass is 10.1. The number of nitrogens with one attached hydrogen (secondary N) is 1. The molecule has 3 N–H and O–H groups in total. The number of carbonyl (C=O) groups excluding carboxylic acids is 1. The van der Waals surface area contributed by atoms with Crippen molar-refractivity contribution >= 4 is 27.9 Å². The smallest absolute Gasteiger partial charge is 0.220 e. The lowest BCUT2D eigenvalue weighted by Gasteiger charge is -2.09. The van der Waals surface area contributed by atoms with Crippen LogP contribution in [0.25, 0.3) is 0 Å². The standard InChI is InChI=1S/C8H16FNOS2.C5H13N/c1-3-7(2)6-10-8(11)4-5-12-13-9;1-3-5(2)4-6/h7H,3-6H2,1-2H3,(H,10,11);5H,3-4,6H2,1-2H3. The van der Waals surface area contributed by atoms with Crippen LogP contribution >= 0.6 is 22.0 Å². The van der Waals surface area contributed by atoms with Crippen molar-refractivity contribution in [1.29, 1.82) is 0 Å². The number of hydrogen-bond acceptors (Lipinski definition) is 4. The lowest BCUT2D eigenvalue weighted by Crippen LogP contribution is -2.28. The molecule has 0 aromatic carbocycles. The molecule has 0 bridgehead atoms. The van der Waals surface area contributed by atoms with Gasteiger partial charge in [0.15, 0.2) is 0 Å². The van der Waals surface area contributed by atoms with Crippen molar-refractivity contribution < 1.29 is 8.68 Å². The third-order valence-corrected chi connectivity index (χ3v) is 4.13. The Morgan fingerprint density at radius 2 is 1.84 bits per heavy atom. The van der Waals surface area contributed by atoms with Crippen LogP contribution in [0.4, 0.5) is 3.89 Å². The van der Waals surface area contributed by atoms with Crippen molar-refractivity contribution in [2.45, 2.75) is 47.0 Å². The van der Waals surface area contributed by atoms with E-state index in [2.05, 4.69) is 33.0 Å². The van der Waals surface area contributed by atoms with E-state index in [0.29, 0.717) is 24.0 Å². The van der Waals surface area contributed by atoms with Crippen LogP contribution in [0.1, 0.15) is 47.0 Å². The predicted molar refractivity (Wildman–Crippen MR) is 86.7 cm³/mol. The number of amides is 1. The van der Waals surface area contributed by atoms with E-state index in [1.807, 2.05) is 0 Å². The molecule has 0 heterocycles. The largest absolute Gasteiger partial charge is 0.356 e. The van der Waals surface area contributed by atoms with Crippen LogP contribution in [0.2, 0.25) is 0 Å². The van der Waals surface area contributed by atoms with Crippen LogP contribution in [0, 0.1) is 11.8 Å². The molecule has 0 radical (unpaired) electrons. The fourth-order valence-electron chi connectivity index (χ4n) is 0.853. The van der Waals surface area contributed by atoms with Crippen molar-refractivity contribution in [3.05, 3.63) is 0 Å². The number of halogens is 1. The first-order valence-corrected chi connectivity index (χ1v) is 9.10. The van der Waals surface area contributed by atoms with Gasteiger partial charge >= 0.3 is 0 Å². The highest BCUT2D eigenvalue weighted by molar-refractivity contribution is 8.74. The average Bonchev–Trinajstić information content (AvgIpc) is 2.44. The highest BCUT2D eigenvalue weighted by Gasteiger charge is 2.03. The van der Waals surface area contributed by atoms with Gasteiger partial charge in [0.2, 0.25) is 5.91 Å². The molecule has 0 saturated carbocycles. The molecule has 1 amide bonds. The molecule has 0 aromatic heterocycles. The Balaban J connectivity index is 0. The fraction of sp³-hybridized carbons (Fsp3) is 0.923. The number of carbonyl (C=O) groups is 1. The van der Waals surface area contributed by atoms with E-state index in [0.717, 1.165) is 30.3 Å². The molecule has 6 heteroatoms. The molecule has 0 aliphatic carbocycles. The van der Waals surface area contributed by atoms with Crippen molar-refractivity contribution in [1.82, 2.24) is 5.32 Å². The third kappa shape index (κ3) is 18.1. The Hall–Kier alpha value is 0.0600. The first kappa shape index (κ1) is 21.4. The highest BCUT2D eigenvalue weighted by atomic mass is 33.1. The normalized spacial score (nSPS) is 13.2. The Morgan fingerprint density at radius 3 is 2.21 bits per heavy atom. The Bertz CT molecular complexity index is 205. The summed E-state index contributed by atoms with van der Waals surface area (Å²) in [5, 5.41) is 2.81. The minimum absolute atomic E-state index is 0.0156. The molecule has 0 aliphatic heterocycles. The van der Waals surface area contributed by atoms with Crippen LogP contribution in [-0.4, -0.2) is 24.7 Å². The molecule has 0 rings (SSSR count). The first-order chi connectivity index (χ1) is 9.01. The molecule has 3 nitrogen and oxygen atoms in total. The number of hydrogen-bond donors (Lipinski definition) is 2. The van der Waals surface area contributed by atoms with E-state index >= 15 is 0 Å². The van der Waals surface area contributed by atoms with Gasteiger partial charge in [-0.25, -0.2) is 0 Å². The molecule has 0 aliphatic rings. The summed E-state index contributed by atoms with van der Waals surface area (Å²) in [6, 6.07) is 0. The summed E-state index contributed by atoms with van der Waals surface area (Å²) in [5.41, 5.74) is 5.28. The summed E-state index contributed by atoms with van der Waals surface area (Å²) >= 11 is 0.209. The highest BCUT2D eigenvalue weighted by Crippen LogP contribution is 2.21. The molecular weight excluding hydrogens is 283 g/mol. The molecule has 116 valence electrons. The minimum Gasteiger partial charge on any atom is -0.356 e. The predicted octanol–water partition coefficient (Wildman–Crippen LogP) is 3.80. The van der Waals surface area contributed by atoms with Gasteiger partial charge in [0.05, 0.1) is 0 Å². The summed E-state index contributed by atoms with van der Waals surface area (Å²) in [4.78, 5) is 11.1. The molecular formula is C13H29FN2OS2. The second kappa shape index (κ2) is 16.1. The van der Waals surface area contributed by atoms with Gasteiger partial charge in [-0.3, -0.25) is 4.79 Å². The number of rotatable bonds is 9. The molecule has 19 heavy (non-hydrogen) atoms. The van der Waals surface area contributed by atoms with Crippen molar-refractivity contribution in [2.24, 2.45) is 17.6 Å². The summed E-state index contributed by atoms with van der Waals surface area (Å²) in [5.74, 6) is 1.78. The molecule has 0 fully saturated rings. The summed E-state index contributed by atoms with van der Waals surface area (Å²) in [6.07, 6.45) is 2.67. The summed E-state index contributed by atoms with van der Waals surface area (Å²) in [7, 11) is 1.07. The number of nitrogens with two attached hydrogens (primary N) is 1. The van der Waals surface area contributed by atoms with E-state index < -0.39 is 0 Å². The zero-order valence-corrected chi connectivity index (χ0v) is 14.2. The quantitative estimate of drug-likeness (QED) is 0.502. The Morgan fingerprint density at radius 1 is 1.26 bits per heavy atom. The van der Waals surface area contributed by atoms with Crippen molar-refractivity contribution in [2.75, 3.05) is 18.8 Å². The van der Waals surface area contributed by atoms with Crippen LogP contribution < -0.4 is 11.1 Å². The molecule has 0 aromatic rings. The van der Waals surface area contributed by atoms with E-state index in [4.69, 9.17) is 5.73 Å². The van der Waals surface area contributed by atoms with Crippen LogP contribution in [0.5, 0.6) is 0 Å². The average molecular weight is 313 g/mol. The lowest BCUT2D eigenvalue weighted by molar-refractivity contribution is -0.120. The zero-order valence-electron chi connectivity index (χ0n) is 12.6. The van der Waals surface area contributed by atoms with Crippen LogP contribution in [0.3, 0.4) is 0 Å². The van der Waals surface area contributed by atoms with Crippen LogP contribution in [-0.2, 0) is 4.79 Å². The fourth-order valence-corrected chi connectivity index (χ4v) is 1.62. The van der Waals surface area contributed by atoms with Gasteiger partial charge in [0, 0.05) is 18.7 Å². The SMILES string of the molecule is CCC(C)CN.CCC(C)CNC(=O)CCSSF. The Labute approximate surface area is 125 Å². The van der Waals surface area contributed by atoms with Gasteiger partial charge in [0.25, 0.3) is 0 Å². The maximum atomic E-state index is 11.6. The van der Waals surface area contributed by atoms with Gasteiger partial charge in [-0.15, -0.1) is 0 Å². The first-order valence-electron chi connectivity index (χ1n) is 6.88. The van der Waals surface area contributed by atoms with Gasteiger partial charge in [-0.1, -0.05) is 51.3 Å². The van der Waals surface area contributed by atoms with E-state index in [1.54, 1.807) is 0 Å². The van der Waals surface area contributed by atoms with Crippen LogP contribution in [0.15, 0.2) is 0 Å².